The third-order valence-corrected chi connectivity index (χ3v) is 4.09. The van der Waals surface area contributed by atoms with Gasteiger partial charge < -0.3 is 5.32 Å². The first-order chi connectivity index (χ1) is 8.16. The first-order valence-electron chi connectivity index (χ1n) is 6.34. The molecule has 94 valence electrons. The highest BCUT2D eigenvalue weighted by Gasteiger charge is 2.20. The van der Waals surface area contributed by atoms with Crippen LogP contribution in [0.15, 0.2) is 18.2 Å². The van der Waals surface area contributed by atoms with Gasteiger partial charge in [0.15, 0.2) is 0 Å². The molecule has 2 rings (SSSR count). The summed E-state index contributed by atoms with van der Waals surface area (Å²) in [5.74, 6) is 0.511. The average molecular weight is 256 g/mol. The second kappa shape index (κ2) is 5.83. The van der Waals surface area contributed by atoms with Gasteiger partial charge in [0, 0.05) is 17.6 Å². The lowest BCUT2D eigenvalue weighted by atomic mass is 9.99. The molecule has 1 aromatic carbocycles. The van der Waals surface area contributed by atoms with Crippen molar-refractivity contribution in [2.75, 3.05) is 0 Å². The van der Waals surface area contributed by atoms with Crippen LogP contribution < -0.4 is 5.32 Å². The Kier molecular flexibility index (Phi) is 4.41. The topological polar surface area (TPSA) is 12.0 Å². The van der Waals surface area contributed by atoms with E-state index in [9.17, 15) is 4.39 Å². The maximum Gasteiger partial charge on any atom is 0.124 e. The minimum absolute atomic E-state index is 0.275. The molecule has 0 radical (unpaired) electrons. The summed E-state index contributed by atoms with van der Waals surface area (Å²) in [6.45, 7) is 2.95. The SMILES string of the molecule is C[C@H](NCc1ccc(F)cc1Cl)C1CCCC1. The maximum absolute atomic E-state index is 12.9. The largest absolute Gasteiger partial charge is 0.310 e. The lowest BCUT2D eigenvalue weighted by Gasteiger charge is -2.20. The fourth-order valence-electron chi connectivity index (χ4n) is 2.56. The van der Waals surface area contributed by atoms with Crippen molar-refractivity contribution in [3.8, 4) is 0 Å². The minimum Gasteiger partial charge on any atom is -0.310 e. The zero-order valence-electron chi connectivity index (χ0n) is 10.2. The fraction of sp³-hybridized carbons (Fsp3) is 0.571. The lowest BCUT2D eigenvalue weighted by Crippen LogP contribution is -2.31. The zero-order valence-corrected chi connectivity index (χ0v) is 10.9. The van der Waals surface area contributed by atoms with Gasteiger partial charge >= 0.3 is 0 Å². The molecule has 1 saturated carbocycles. The molecule has 1 atom stereocenters. The fourth-order valence-corrected chi connectivity index (χ4v) is 2.79. The molecule has 0 amide bonds. The Hall–Kier alpha value is -0.600. The van der Waals surface area contributed by atoms with Crippen molar-refractivity contribution in [3.63, 3.8) is 0 Å². The van der Waals surface area contributed by atoms with E-state index in [0.717, 1.165) is 18.0 Å². The van der Waals surface area contributed by atoms with Crippen molar-refractivity contribution in [3.05, 3.63) is 34.6 Å². The van der Waals surface area contributed by atoms with Crippen LogP contribution in [-0.2, 0) is 6.54 Å². The van der Waals surface area contributed by atoms with E-state index >= 15 is 0 Å². The molecule has 0 heterocycles. The van der Waals surface area contributed by atoms with Gasteiger partial charge in [0.2, 0.25) is 0 Å². The summed E-state index contributed by atoms with van der Waals surface area (Å²) in [4.78, 5) is 0. The van der Waals surface area contributed by atoms with E-state index in [0.29, 0.717) is 11.1 Å². The minimum atomic E-state index is -0.275. The monoisotopic (exact) mass is 255 g/mol. The van der Waals surface area contributed by atoms with E-state index in [4.69, 9.17) is 11.6 Å². The molecule has 1 aliphatic carbocycles. The summed E-state index contributed by atoms with van der Waals surface area (Å²) in [5, 5.41) is 4.00. The van der Waals surface area contributed by atoms with Crippen LogP contribution in [0.4, 0.5) is 4.39 Å². The molecule has 0 unspecified atom stereocenters. The van der Waals surface area contributed by atoms with Gasteiger partial charge in [-0.15, -0.1) is 0 Å². The number of hydrogen-bond donors (Lipinski definition) is 1. The third-order valence-electron chi connectivity index (χ3n) is 3.74. The van der Waals surface area contributed by atoms with Gasteiger partial charge in [-0.1, -0.05) is 30.5 Å². The van der Waals surface area contributed by atoms with Crippen molar-refractivity contribution < 1.29 is 4.39 Å². The average Bonchev–Trinajstić information content (AvgIpc) is 2.81. The first-order valence-corrected chi connectivity index (χ1v) is 6.72. The molecular weight excluding hydrogens is 237 g/mol. The molecule has 1 fully saturated rings. The van der Waals surface area contributed by atoms with E-state index in [1.165, 1.54) is 37.8 Å². The Morgan fingerprint density at radius 1 is 1.41 bits per heavy atom. The highest BCUT2D eigenvalue weighted by Crippen LogP contribution is 2.28. The normalized spacial score (nSPS) is 18.5. The van der Waals surface area contributed by atoms with Crippen LogP contribution in [0, 0.1) is 11.7 Å². The smallest absolute Gasteiger partial charge is 0.124 e. The van der Waals surface area contributed by atoms with Crippen LogP contribution in [0.25, 0.3) is 0 Å². The lowest BCUT2D eigenvalue weighted by molar-refractivity contribution is 0.380. The van der Waals surface area contributed by atoms with Gasteiger partial charge in [-0.3, -0.25) is 0 Å². The molecule has 1 aliphatic rings. The number of hydrogen-bond acceptors (Lipinski definition) is 1. The third kappa shape index (κ3) is 3.43. The molecule has 0 aliphatic heterocycles. The Bertz CT molecular complexity index is 374. The van der Waals surface area contributed by atoms with Crippen LogP contribution in [-0.4, -0.2) is 6.04 Å². The Morgan fingerprint density at radius 2 is 2.12 bits per heavy atom. The predicted molar refractivity (Wildman–Crippen MR) is 69.7 cm³/mol. The molecule has 0 saturated heterocycles. The molecule has 0 aromatic heterocycles. The number of benzene rings is 1. The highest BCUT2D eigenvalue weighted by molar-refractivity contribution is 6.31. The molecule has 0 bridgehead atoms. The summed E-state index contributed by atoms with van der Waals surface area (Å²) in [6.07, 6.45) is 5.36. The summed E-state index contributed by atoms with van der Waals surface area (Å²) in [6, 6.07) is 5.10. The molecule has 1 nitrogen and oxygen atoms in total. The second-order valence-corrected chi connectivity index (χ2v) is 5.36. The van der Waals surface area contributed by atoms with Gasteiger partial charge in [-0.05, 0) is 43.4 Å². The van der Waals surface area contributed by atoms with Crippen molar-refractivity contribution in [2.24, 2.45) is 5.92 Å². The van der Waals surface area contributed by atoms with Crippen molar-refractivity contribution in [2.45, 2.75) is 45.2 Å². The zero-order chi connectivity index (χ0) is 12.3. The highest BCUT2D eigenvalue weighted by atomic mass is 35.5. The van der Waals surface area contributed by atoms with Gasteiger partial charge in [0.1, 0.15) is 5.82 Å². The van der Waals surface area contributed by atoms with Crippen LogP contribution >= 0.6 is 11.6 Å². The Morgan fingerprint density at radius 3 is 2.76 bits per heavy atom. The van der Waals surface area contributed by atoms with Crippen LogP contribution in [0.5, 0.6) is 0 Å². The van der Waals surface area contributed by atoms with E-state index in [1.54, 1.807) is 6.07 Å². The first kappa shape index (κ1) is 12.8. The van der Waals surface area contributed by atoms with Crippen LogP contribution in [0.3, 0.4) is 0 Å². The van der Waals surface area contributed by atoms with Crippen molar-refractivity contribution in [1.29, 1.82) is 0 Å². The number of nitrogens with one attached hydrogen (secondary N) is 1. The van der Waals surface area contributed by atoms with E-state index < -0.39 is 0 Å². The summed E-state index contributed by atoms with van der Waals surface area (Å²) in [7, 11) is 0. The van der Waals surface area contributed by atoms with E-state index in [2.05, 4.69) is 12.2 Å². The van der Waals surface area contributed by atoms with Gasteiger partial charge in [-0.25, -0.2) is 4.39 Å². The molecule has 3 heteroatoms. The standard InChI is InChI=1S/C14H19ClFN/c1-10(11-4-2-3-5-11)17-9-12-6-7-13(16)8-14(12)15/h6-8,10-11,17H,2-5,9H2,1H3/t10-/m0/s1. The predicted octanol–water partition coefficient (Wildman–Crippen LogP) is 4.15. The molecule has 17 heavy (non-hydrogen) atoms. The summed E-state index contributed by atoms with van der Waals surface area (Å²) in [5.41, 5.74) is 0.970. The number of rotatable bonds is 4. The summed E-state index contributed by atoms with van der Waals surface area (Å²) >= 11 is 5.99. The molecule has 1 N–H and O–H groups in total. The second-order valence-electron chi connectivity index (χ2n) is 4.95. The number of halogens is 2. The van der Waals surface area contributed by atoms with E-state index in [1.807, 2.05) is 0 Å². The van der Waals surface area contributed by atoms with Crippen LogP contribution in [0.2, 0.25) is 5.02 Å². The molecule has 0 spiro atoms. The Labute approximate surface area is 107 Å². The van der Waals surface area contributed by atoms with Crippen molar-refractivity contribution >= 4 is 11.6 Å². The van der Waals surface area contributed by atoms with Crippen LogP contribution in [0.1, 0.15) is 38.2 Å². The quantitative estimate of drug-likeness (QED) is 0.852. The Balaban J connectivity index is 1.88. The maximum atomic E-state index is 12.9. The van der Waals surface area contributed by atoms with Gasteiger partial charge in [0.25, 0.3) is 0 Å². The molecule has 1 aromatic rings. The molecular formula is C14H19ClFN. The summed E-state index contributed by atoms with van der Waals surface area (Å²) < 4.78 is 12.9. The van der Waals surface area contributed by atoms with E-state index in [-0.39, 0.29) is 5.82 Å². The van der Waals surface area contributed by atoms with Gasteiger partial charge in [0.05, 0.1) is 0 Å². The van der Waals surface area contributed by atoms with Gasteiger partial charge in [-0.2, -0.15) is 0 Å². The van der Waals surface area contributed by atoms with Crippen molar-refractivity contribution in [1.82, 2.24) is 5.32 Å².